The standard InChI is InChI=1S/C49H68N6O9/c1-47(2,3)62-44(58)52-43(53-45(59)63-48(4,5)6)50-26-17-22-37-30-38(61-32-34-24-25-35-20-13-14-21-36(35)28-34)31-55(37)42(57)39(29-33-18-11-10-12-19-33)51-41(56)40-23-15-16-27-54(40)46(60)64-49(7,8)9/h10-14,18-21,24-25,28,37-40H,15-17,22-23,26-27,29-32H2,1-9H3,(H,51,56)(H2,50,52,53,58,59)/t37-,38+,39+,40-/m0/s1. The van der Waals surface area contributed by atoms with E-state index in [4.69, 9.17) is 18.9 Å². The number of guanidine groups is 1. The molecule has 15 heteroatoms. The molecule has 0 aliphatic carbocycles. The molecule has 0 radical (unpaired) electrons. The molecule has 2 heterocycles. The van der Waals surface area contributed by atoms with Gasteiger partial charge in [0.1, 0.15) is 28.9 Å². The first kappa shape index (κ1) is 49.3. The molecule has 5 amide bonds. The van der Waals surface area contributed by atoms with E-state index in [9.17, 15) is 24.0 Å². The molecule has 0 aromatic heterocycles. The van der Waals surface area contributed by atoms with Gasteiger partial charge in [0.25, 0.3) is 0 Å². The number of benzene rings is 3. The molecular weight excluding hydrogens is 817 g/mol. The molecule has 0 spiro atoms. The van der Waals surface area contributed by atoms with Crippen LogP contribution in [0.5, 0.6) is 0 Å². The van der Waals surface area contributed by atoms with Crippen molar-refractivity contribution in [3.05, 3.63) is 83.9 Å². The summed E-state index contributed by atoms with van der Waals surface area (Å²) < 4.78 is 23.0. The van der Waals surface area contributed by atoms with Crippen molar-refractivity contribution >= 4 is 46.8 Å². The molecule has 2 saturated heterocycles. The second kappa shape index (κ2) is 21.8. The van der Waals surface area contributed by atoms with Crippen molar-refractivity contribution in [1.82, 2.24) is 25.8 Å². The largest absolute Gasteiger partial charge is 0.444 e. The van der Waals surface area contributed by atoms with Crippen LogP contribution in [0.2, 0.25) is 0 Å². The van der Waals surface area contributed by atoms with E-state index in [1.54, 1.807) is 67.2 Å². The third kappa shape index (κ3) is 15.8. The average molecular weight is 885 g/mol. The fourth-order valence-corrected chi connectivity index (χ4v) is 7.77. The first-order chi connectivity index (χ1) is 30.1. The SMILES string of the molecule is CC(C)(C)OC(=O)NC(=NCCC[C@H]1C[C@@H](OCc2ccc3ccccc3c2)CN1C(=O)[C@@H](Cc1ccccc1)NC(=O)[C@@H]1CCCCN1C(=O)OC(C)(C)C)NC(=O)OC(C)(C)C. The molecule has 0 saturated carbocycles. The van der Waals surface area contributed by atoms with Crippen LogP contribution in [0.3, 0.4) is 0 Å². The Bertz CT molecular complexity index is 2070. The molecular formula is C49H68N6O9. The molecule has 0 unspecified atom stereocenters. The van der Waals surface area contributed by atoms with Gasteiger partial charge in [-0.15, -0.1) is 0 Å². The number of hydrogen-bond acceptors (Lipinski definition) is 10. The predicted molar refractivity (Wildman–Crippen MR) is 246 cm³/mol. The number of ether oxygens (including phenoxy) is 4. The highest BCUT2D eigenvalue weighted by molar-refractivity contribution is 6.01. The summed E-state index contributed by atoms with van der Waals surface area (Å²) in [6, 6.07) is 21.8. The summed E-state index contributed by atoms with van der Waals surface area (Å²) in [7, 11) is 0. The molecule has 3 aromatic carbocycles. The third-order valence-electron chi connectivity index (χ3n) is 10.5. The van der Waals surface area contributed by atoms with E-state index >= 15 is 0 Å². The molecule has 0 bridgehead atoms. The smallest absolute Gasteiger partial charge is 0.414 e. The highest BCUT2D eigenvalue weighted by Crippen LogP contribution is 2.28. The van der Waals surface area contributed by atoms with E-state index in [0.29, 0.717) is 45.4 Å². The van der Waals surface area contributed by atoms with E-state index in [2.05, 4.69) is 45.2 Å². The van der Waals surface area contributed by atoms with Crippen molar-refractivity contribution in [2.75, 3.05) is 19.6 Å². The van der Waals surface area contributed by atoms with Crippen molar-refractivity contribution in [3.63, 3.8) is 0 Å². The van der Waals surface area contributed by atoms with Gasteiger partial charge in [-0.1, -0.05) is 66.7 Å². The number of alkyl carbamates (subject to hydrolysis) is 2. The number of nitrogens with one attached hydrogen (secondary N) is 3. The van der Waals surface area contributed by atoms with Crippen molar-refractivity contribution in [2.45, 2.75) is 155 Å². The lowest BCUT2D eigenvalue weighted by atomic mass is 9.99. The Morgan fingerprint density at radius 2 is 1.36 bits per heavy atom. The molecule has 5 rings (SSSR count). The van der Waals surface area contributed by atoms with Gasteiger partial charge in [0.2, 0.25) is 17.8 Å². The van der Waals surface area contributed by atoms with Crippen LogP contribution in [0, 0.1) is 0 Å². The van der Waals surface area contributed by atoms with Crippen molar-refractivity contribution in [1.29, 1.82) is 0 Å². The highest BCUT2D eigenvalue weighted by atomic mass is 16.6. The Kier molecular flexibility index (Phi) is 16.8. The summed E-state index contributed by atoms with van der Waals surface area (Å²) in [5.74, 6) is -0.800. The highest BCUT2D eigenvalue weighted by Gasteiger charge is 2.41. The summed E-state index contributed by atoms with van der Waals surface area (Å²) in [6.45, 7) is 16.9. The Balaban J connectivity index is 1.37. The molecule has 2 aliphatic rings. The number of piperidine rings is 1. The minimum Gasteiger partial charge on any atom is -0.444 e. The zero-order valence-electron chi connectivity index (χ0n) is 39.0. The second-order valence-corrected chi connectivity index (χ2v) is 19.6. The van der Waals surface area contributed by atoms with Crippen LogP contribution in [0.25, 0.3) is 10.8 Å². The van der Waals surface area contributed by atoms with Crippen LogP contribution in [-0.2, 0) is 41.6 Å². The lowest BCUT2D eigenvalue weighted by molar-refractivity contribution is -0.139. The second-order valence-electron chi connectivity index (χ2n) is 19.6. The number of carbonyl (C=O) groups is 5. The molecule has 64 heavy (non-hydrogen) atoms. The third-order valence-corrected chi connectivity index (χ3v) is 10.5. The number of likely N-dealkylation sites (tertiary alicyclic amines) is 2. The van der Waals surface area contributed by atoms with Crippen LogP contribution < -0.4 is 16.0 Å². The van der Waals surface area contributed by atoms with E-state index in [-0.39, 0.29) is 37.0 Å². The zero-order valence-corrected chi connectivity index (χ0v) is 39.0. The van der Waals surface area contributed by atoms with Crippen molar-refractivity contribution in [2.24, 2.45) is 4.99 Å². The lowest BCUT2D eigenvalue weighted by Gasteiger charge is -2.37. The Morgan fingerprint density at radius 3 is 2.00 bits per heavy atom. The predicted octanol–water partition coefficient (Wildman–Crippen LogP) is 8.03. The van der Waals surface area contributed by atoms with Gasteiger partial charge >= 0.3 is 18.3 Å². The van der Waals surface area contributed by atoms with Gasteiger partial charge in [-0.25, -0.2) is 14.4 Å². The summed E-state index contributed by atoms with van der Waals surface area (Å²) in [4.78, 5) is 75.7. The van der Waals surface area contributed by atoms with E-state index in [0.717, 1.165) is 34.7 Å². The summed E-state index contributed by atoms with van der Waals surface area (Å²) in [5, 5.41) is 10.4. The minimum absolute atomic E-state index is 0.131. The monoisotopic (exact) mass is 885 g/mol. The van der Waals surface area contributed by atoms with Gasteiger partial charge in [0.05, 0.1) is 12.7 Å². The maximum Gasteiger partial charge on any atom is 0.414 e. The molecule has 2 fully saturated rings. The first-order valence-electron chi connectivity index (χ1n) is 22.4. The molecule has 3 aromatic rings. The lowest BCUT2D eigenvalue weighted by Crippen LogP contribution is -2.58. The number of nitrogens with zero attached hydrogens (tertiary/aromatic N) is 3. The molecule has 348 valence electrons. The van der Waals surface area contributed by atoms with Crippen molar-refractivity contribution in [3.8, 4) is 0 Å². The quantitative estimate of drug-likeness (QED) is 0.0704. The number of hydrogen-bond donors (Lipinski definition) is 3. The van der Waals surface area contributed by atoms with Gasteiger partial charge < -0.3 is 29.2 Å². The molecule has 4 atom stereocenters. The Hall–Kier alpha value is -5.70. The number of rotatable bonds is 12. The van der Waals surface area contributed by atoms with Crippen LogP contribution in [0.4, 0.5) is 14.4 Å². The van der Waals surface area contributed by atoms with E-state index in [1.807, 2.05) is 48.5 Å². The zero-order chi connectivity index (χ0) is 46.7. The fraction of sp³-hybridized carbons (Fsp3) is 0.551. The Labute approximate surface area is 378 Å². The average Bonchev–Trinajstić information content (AvgIpc) is 3.62. The maximum absolute atomic E-state index is 15.0. The van der Waals surface area contributed by atoms with Crippen molar-refractivity contribution < 1.29 is 42.9 Å². The van der Waals surface area contributed by atoms with E-state index in [1.165, 1.54) is 4.90 Å². The summed E-state index contributed by atoms with van der Waals surface area (Å²) in [6.07, 6.45) is 1.21. The topological polar surface area (TPSA) is 177 Å². The van der Waals surface area contributed by atoms with Crippen LogP contribution >= 0.6 is 0 Å². The number of amides is 5. The number of aliphatic imine (C=N–C) groups is 1. The van der Waals surface area contributed by atoms with Gasteiger partial charge in [0, 0.05) is 32.1 Å². The first-order valence-corrected chi connectivity index (χ1v) is 22.4. The molecule has 15 nitrogen and oxygen atoms in total. The van der Waals surface area contributed by atoms with Gasteiger partial charge in [0.15, 0.2) is 0 Å². The fourth-order valence-electron chi connectivity index (χ4n) is 7.77. The van der Waals surface area contributed by atoms with Crippen LogP contribution in [-0.4, -0.2) is 107 Å². The summed E-state index contributed by atoms with van der Waals surface area (Å²) >= 11 is 0. The van der Waals surface area contributed by atoms with Gasteiger partial charge in [-0.3, -0.25) is 30.1 Å². The van der Waals surface area contributed by atoms with Crippen LogP contribution in [0.15, 0.2) is 77.8 Å². The Morgan fingerprint density at radius 1 is 0.734 bits per heavy atom. The maximum atomic E-state index is 15.0. The molecule has 2 aliphatic heterocycles. The summed E-state index contributed by atoms with van der Waals surface area (Å²) in [5.41, 5.74) is -0.454. The van der Waals surface area contributed by atoms with E-state index < -0.39 is 53.1 Å². The normalized spacial score (nSPS) is 18.4. The van der Waals surface area contributed by atoms with Gasteiger partial charge in [-0.2, -0.15) is 0 Å². The number of fused-ring (bicyclic) bond motifs is 1. The minimum atomic E-state index is -0.945. The van der Waals surface area contributed by atoms with Crippen LogP contribution in [0.1, 0.15) is 112 Å². The number of carbonyl (C=O) groups excluding carboxylic acids is 5. The molecule has 3 N–H and O–H groups in total. The van der Waals surface area contributed by atoms with Gasteiger partial charge in [-0.05, 0) is 129 Å².